The van der Waals surface area contributed by atoms with Crippen molar-refractivity contribution in [3.05, 3.63) is 64.8 Å². The number of ether oxygens (including phenoxy) is 1. The molecule has 2 N–H and O–H groups in total. The number of fused-ring (bicyclic) bond motifs is 1. The second-order valence-electron chi connectivity index (χ2n) is 4.96. The molecule has 0 aliphatic carbocycles. The van der Waals surface area contributed by atoms with E-state index in [0.717, 1.165) is 0 Å². The molecule has 4 heteroatoms. The van der Waals surface area contributed by atoms with Gasteiger partial charge in [-0.25, -0.2) is 4.39 Å². The summed E-state index contributed by atoms with van der Waals surface area (Å²) < 4.78 is 20.3. The van der Waals surface area contributed by atoms with Crippen LogP contribution in [-0.2, 0) is 6.42 Å². The number of thiophene rings is 1. The van der Waals surface area contributed by atoms with Crippen molar-refractivity contribution in [1.82, 2.24) is 0 Å². The molecule has 1 atom stereocenters. The zero-order valence-corrected chi connectivity index (χ0v) is 12.5. The van der Waals surface area contributed by atoms with E-state index < -0.39 is 0 Å². The van der Waals surface area contributed by atoms with E-state index in [-0.39, 0.29) is 11.9 Å². The monoisotopic (exact) mass is 301 g/mol. The van der Waals surface area contributed by atoms with Gasteiger partial charge < -0.3 is 10.5 Å². The minimum absolute atomic E-state index is 0.318. The fourth-order valence-corrected chi connectivity index (χ4v) is 3.45. The Morgan fingerprint density at radius 2 is 2.05 bits per heavy atom. The molecule has 0 amide bonds. The molecule has 1 unspecified atom stereocenters. The lowest BCUT2D eigenvalue weighted by Crippen LogP contribution is -2.14. The number of halogens is 1. The molecule has 0 aliphatic rings. The second kappa shape index (κ2) is 5.84. The van der Waals surface area contributed by atoms with E-state index in [4.69, 9.17) is 10.5 Å². The Morgan fingerprint density at radius 3 is 2.81 bits per heavy atom. The Balaban J connectivity index is 1.87. The van der Waals surface area contributed by atoms with Crippen LogP contribution in [0.4, 0.5) is 4.39 Å². The quantitative estimate of drug-likeness (QED) is 0.780. The van der Waals surface area contributed by atoms with Gasteiger partial charge in [0.2, 0.25) is 0 Å². The molecule has 0 bridgehead atoms. The van der Waals surface area contributed by atoms with Gasteiger partial charge in [0.25, 0.3) is 0 Å². The van der Waals surface area contributed by atoms with Crippen molar-refractivity contribution in [2.75, 3.05) is 7.11 Å². The molecule has 3 aromatic rings. The minimum atomic E-state index is -0.367. The molecule has 0 fully saturated rings. The van der Waals surface area contributed by atoms with Gasteiger partial charge in [-0.15, -0.1) is 11.3 Å². The van der Waals surface area contributed by atoms with Gasteiger partial charge in [0.15, 0.2) is 0 Å². The van der Waals surface area contributed by atoms with Crippen molar-refractivity contribution >= 4 is 21.4 Å². The molecule has 108 valence electrons. The standard InChI is InChI=1S/C17H16FNOS/c1-20-12-6-7-14(15(18)9-12)16(19)8-11-10-21-17-5-3-2-4-13(11)17/h2-7,9-10,16H,8,19H2,1H3. The van der Waals surface area contributed by atoms with Crippen LogP contribution in [-0.4, -0.2) is 7.11 Å². The van der Waals surface area contributed by atoms with Crippen LogP contribution in [0.15, 0.2) is 47.8 Å². The van der Waals surface area contributed by atoms with E-state index in [0.29, 0.717) is 17.7 Å². The van der Waals surface area contributed by atoms with E-state index in [9.17, 15) is 4.39 Å². The van der Waals surface area contributed by atoms with E-state index >= 15 is 0 Å². The summed E-state index contributed by atoms with van der Waals surface area (Å²) in [6.07, 6.45) is 0.618. The Kier molecular flexibility index (Phi) is 3.90. The highest BCUT2D eigenvalue weighted by Gasteiger charge is 2.15. The van der Waals surface area contributed by atoms with Crippen molar-refractivity contribution in [3.63, 3.8) is 0 Å². The Morgan fingerprint density at radius 1 is 1.24 bits per heavy atom. The Bertz CT molecular complexity index is 768. The lowest BCUT2D eigenvalue weighted by atomic mass is 9.99. The number of methoxy groups -OCH3 is 1. The average Bonchev–Trinajstić information content (AvgIpc) is 2.90. The lowest BCUT2D eigenvalue weighted by molar-refractivity contribution is 0.410. The van der Waals surface area contributed by atoms with Gasteiger partial charge in [0.1, 0.15) is 11.6 Å². The first-order valence-corrected chi connectivity index (χ1v) is 7.61. The Hall–Kier alpha value is -1.91. The first kappa shape index (κ1) is 14.0. The van der Waals surface area contributed by atoms with Crippen LogP contribution in [0.5, 0.6) is 5.75 Å². The zero-order valence-electron chi connectivity index (χ0n) is 11.7. The van der Waals surface area contributed by atoms with Gasteiger partial charge in [-0.05, 0) is 34.9 Å². The van der Waals surface area contributed by atoms with Crippen LogP contribution in [0.3, 0.4) is 0 Å². The van der Waals surface area contributed by atoms with Crippen LogP contribution in [0.2, 0.25) is 0 Å². The molecule has 21 heavy (non-hydrogen) atoms. The number of hydrogen-bond acceptors (Lipinski definition) is 3. The third kappa shape index (κ3) is 2.77. The van der Waals surface area contributed by atoms with Gasteiger partial charge in [-0.3, -0.25) is 0 Å². The van der Waals surface area contributed by atoms with Gasteiger partial charge in [-0.1, -0.05) is 24.3 Å². The predicted octanol–water partition coefficient (Wildman–Crippen LogP) is 4.29. The summed E-state index contributed by atoms with van der Waals surface area (Å²) in [4.78, 5) is 0. The topological polar surface area (TPSA) is 35.2 Å². The third-order valence-corrected chi connectivity index (χ3v) is 4.62. The molecular weight excluding hydrogens is 285 g/mol. The van der Waals surface area contributed by atoms with Crippen molar-refractivity contribution < 1.29 is 9.13 Å². The minimum Gasteiger partial charge on any atom is -0.497 e. The molecule has 0 saturated carbocycles. The molecule has 3 rings (SSSR count). The van der Waals surface area contributed by atoms with E-state index in [1.807, 2.05) is 12.1 Å². The first-order chi connectivity index (χ1) is 10.2. The first-order valence-electron chi connectivity index (χ1n) is 6.73. The summed E-state index contributed by atoms with van der Waals surface area (Å²) >= 11 is 1.69. The summed E-state index contributed by atoms with van der Waals surface area (Å²) in [5, 5.41) is 3.30. The fourth-order valence-electron chi connectivity index (χ4n) is 2.47. The highest BCUT2D eigenvalue weighted by molar-refractivity contribution is 7.17. The molecular formula is C17H16FNOS. The van der Waals surface area contributed by atoms with Crippen LogP contribution >= 0.6 is 11.3 Å². The largest absolute Gasteiger partial charge is 0.497 e. The van der Waals surface area contributed by atoms with Gasteiger partial charge in [0, 0.05) is 22.4 Å². The van der Waals surface area contributed by atoms with Crippen molar-refractivity contribution in [2.24, 2.45) is 5.73 Å². The third-order valence-electron chi connectivity index (χ3n) is 3.61. The Labute approximate surface area is 127 Å². The van der Waals surface area contributed by atoms with Crippen LogP contribution in [0.1, 0.15) is 17.2 Å². The number of hydrogen-bond donors (Lipinski definition) is 1. The maximum Gasteiger partial charge on any atom is 0.131 e. The highest BCUT2D eigenvalue weighted by atomic mass is 32.1. The number of rotatable bonds is 4. The van der Waals surface area contributed by atoms with Crippen LogP contribution in [0, 0.1) is 5.82 Å². The van der Waals surface area contributed by atoms with E-state index in [1.54, 1.807) is 23.5 Å². The summed E-state index contributed by atoms with van der Waals surface area (Å²) in [7, 11) is 1.52. The molecule has 0 radical (unpaired) electrons. The molecule has 1 aromatic heterocycles. The van der Waals surface area contributed by atoms with Gasteiger partial charge in [-0.2, -0.15) is 0 Å². The highest BCUT2D eigenvalue weighted by Crippen LogP contribution is 2.30. The predicted molar refractivity (Wildman–Crippen MR) is 85.4 cm³/mol. The van der Waals surface area contributed by atoms with Crippen molar-refractivity contribution in [3.8, 4) is 5.75 Å². The molecule has 2 aromatic carbocycles. The summed E-state index contributed by atoms with van der Waals surface area (Å²) in [6, 6.07) is 12.7. The SMILES string of the molecule is COc1ccc(C(N)Cc2csc3ccccc23)c(F)c1. The molecule has 0 saturated heterocycles. The summed E-state index contributed by atoms with van der Waals surface area (Å²) in [5.74, 6) is 0.186. The summed E-state index contributed by atoms with van der Waals surface area (Å²) in [6.45, 7) is 0. The second-order valence-corrected chi connectivity index (χ2v) is 5.87. The number of nitrogens with two attached hydrogens (primary N) is 1. The normalized spacial score (nSPS) is 12.5. The van der Waals surface area contributed by atoms with E-state index in [1.165, 1.54) is 28.8 Å². The van der Waals surface area contributed by atoms with E-state index in [2.05, 4.69) is 17.5 Å². The maximum absolute atomic E-state index is 14.1. The van der Waals surface area contributed by atoms with Crippen molar-refractivity contribution in [1.29, 1.82) is 0 Å². The molecule has 1 heterocycles. The van der Waals surface area contributed by atoms with Crippen LogP contribution < -0.4 is 10.5 Å². The van der Waals surface area contributed by atoms with Crippen molar-refractivity contribution in [2.45, 2.75) is 12.5 Å². The lowest BCUT2D eigenvalue weighted by Gasteiger charge is -2.13. The zero-order chi connectivity index (χ0) is 14.8. The van der Waals surface area contributed by atoms with Gasteiger partial charge in [0.05, 0.1) is 7.11 Å². The molecule has 0 aliphatic heterocycles. The van der Waals surface area contributed by atoms with Crippen LogP contribution in [0.25, 0.3) is 10.1 Å². The summed E-state index contributed by atoms with van der Waals surface area (Å²) in [5.41, 5.74) is 7.88. The molecule has 0 spiro atoms. The number of benzene rings is 2. The fraction of sp³-hybridized carbons (Fsp3) is 0.176. The average molecular weight is 301 g/mol. The molecule has 2 nitrogen and oxygen atoms in total. The smallest absolute Gasteiger partial charge is 0.131 e. The van der Waals surface area contributed by atoms with Gasteiger partial charge >= 0.3 is 0 Å². The maximum atomic E-state index is 14.1.